The Morgan fingerprint density at radius 1 is 1.32 bits per heavy atom. The second kappa shape index (κ2) is 7.48. The van der Waals surface area contributed by atoms with E-state index in [0.29, 0.717) is 17.5 Å². The first-order chi connectivity index (χ1) is 12.0. The average Bonchev–Trinajstić information content (AvgIpc) is 3.26. The van der Waals surface area contributed by atoms with Gasteiger partial charge >= 0.3 is 0 Å². The Morgan fingerprint density at radius 2 is 2.16 bits per heavy atom. The number of thiophene rings is 1. The Kier molecular flexibility index (Phi) is 5.14. The lowest BCUT2D eigenvalue weighted by Gasteiger charge is -2.15. The molecule has 0 aliphatic carbocycles. The number of benzene rings is 1. The standard InChI is InChI=1S/C18H19N3O3S/c1-11-6-7-14(9-12(11)2)23-13(3)18(22)19-10-16-20-17(21-24-16)15-5-4-8-25-15/h4-9,13H,10H2,1-3H3,(H,19,22)/t13-/m0/s1. The number of hydrogen-bond acceptors (Lipinski definition) is 6. The van der Waals surface area contributed by atoms with Crippen LogP contribution < -0.4 is 10.1 Å². The topological polar surface area (TPSA) is 77.2 Å². The molecule has 1 aromatic carbocycles. The molecule has 0 aliphatic heterocycles. The summed E-state index contributed by atoms with van der Waals surface area (Å²) in [4.78, 5) is 17.4. The third kappa shape index (κ3) is 4.24. The molecule has 0 fully saturated rings. The lowest BCUT2D eigenvalue weighted by molar-refractivity contribution is -0.127. The summed E-state index contributed by atoms with van der Waals surface area (Å²) < 4.78 is 10.8. The minimum Gasteiger partial charge on any atom is -0.481 e. The van der Waals surface area contributed by atoms with E-state index in [1.165, 1.54) is 16.9 Å². The minimum absolute atomic E-state index is 0.165. The van der Waals surface area contributed by atoms with Gasteiger partial charge in [-0.2, -0.15) is 4.98 Å². The summed E-state index contributed by atoms with van der Waals surface area (Å²) in [6.07, 6.45) is -0.623. The second-order valence-electron chi connectivity index (χ2n) is 5.71. The molecular weight excluding hydrogens is 338 g/mol. The van der Waals surface area contributed by atoms with Crippen LogP contribution in [0.1, 0.15) is 23.9 Å². The van der Waals surface area contributed by atoms with E-state index in [1.54, 1.807) is 6.92 Å². The maximum Gasteiger partial charge on any atom is 0.261 e. The van der Waals surface area contributed by atoms with Gasteiger partial charge in [0, 0.05) is 0 Å². The van der Waals surface area contributed by atoms with Crippen LogP contribution in [0.4, 0.5) is 0 Å². The summed E-state index contributed by atoms with van der Waals surface area (Å²) >= 11 is 1.53. The highest BCUT2D eigenvalue weighted by atomic mass is 32.1. The Morgan fingerprint density at radius 3 is 2.88 bits per heavy atom. The van der Waals surface area contributed by atoms with Gasteiger partial charge in [-0.1, -0.05) is 17.3 Å². The number of aromatic nitrogens is 2. The molecule has 0 spiro atoms. The van der Waals surface area contributed by atoms with E-state index < -0.39 is 6.10 Å². The van der Waals surface area contributed by atoms with Gasteiger partial charge in [-0.25, -0.2) is 0 Å². The largest absolute Gasteiger partial charge is 0.481 e. The quantitative estimate of drug-likeness (QED) is 0.730. The van der Waals surface area contributed by atoms with Crippen molar-refractivity contribution in [1.29, 1.82) is 0 Å². The van der Waals surface area contributed by atoms with Gasteiger partial charge in [0.25, 0.3) is 5.91 Å². The summed E-state index contributed by atoms with van der Waals surface area (Å²) in [6, 6.07) is 9.59. The Bertz CT molecular complexity index is 858. The molecule has 0 bridgehead atoms. The highest BCUT2D eigenvalue weighted by Crippen LogP contribution is 2.21. The summed E-state index contributed by atoms with van der Waals surface area (Å²) in [5.41, 5.74) is 2.31. The summed E-state index contributed by atoms with van der Waals surface area (Å²) in [6.45, 7) is 5.91. The number of aryl methyl sites for hydroxylation is 2. The summed E-state index contributed by atoms with van der Waals surface area (Å²) in [5.74, 6) is 1.31. The molecule has 0 saturated carbocycles. The van der Waals surface area contributed by atoms with Crippen LogP contribution in [0, 0.1) is 13.8 Å². The zero-order valence-electron chi connectivity index (χ0n) is 14.3. The van der Waals surface area contributed by atoms with Gasteiger partial charge < -0.3 is 14.6 Å². The van der Waals surface area contributed by atoms with E-state index in [2.05, 4.69) is 15.5 Å². The average molecular weight is 357 g/mol. The molecule has 7 heteroatoms. The first-order valence-corrected chi connectivity index (χ1v) is 8.79. The van der Waals surface area contributed by atoms with Crippen LogP contribution >= 0.6 is 11.3 Å². The molecule has 3 aromatic rings. The minimum atomic E-state index is -0.623. The Balaban J connectivity index is 1.54. The third-order valence-corrected chi connectivity index (χ3v) is 4.65. The smallest absolute Gasteiger partial charge is 0.261 e. The zero-order chi connectivity index (χ0) is 17.8. The number of carbonyl (C=O) groups excluding carboxylic acids is 1. The molecule has 1 amide bonds. The van der Waals surface area contributed by atoms with Crippen molar-refractivity contribution in [1.82, 2.24) is 15.5 Å². The van der Waals surface area contributed by atoms with Crippen molar-refractivity contribution in [2.24, 2.45) is 0 Å². The van der Waals surface area contributed by atoms with Crippen LogP contribution in [0.5, 0.6) is 5.75 Å². The highest BCUT2D eigenvalue weighted by Gasteiger charge is 2.16. The van der Waals surface area contributed by atoms with Crippen molar-refractivity contribution < 1.29 is 14.1 Å². The van der Waals surface area contributed by atoms with Crippen LogP contribution in [-0.4, -0.2) is 22.2 Å². The molecule has 0 aliphatic rings. The van der Waals surface area contributed by atoms with Gasteiger partial charge in [0.05, 0.1) is 11.4 Å². The van der Waals surface area contributed by atoms with E-state index in [-0.39, 0.29) is 12.5 Å². The maximum absolute atomic E-state index is 12.2. The maximum atomic E-state index is 12.2. The van der Waals surface area contributed by atoms with E-state index in [1.807, 2.05) is 49.6 Å². The molecule has 0 radical (unpaired) electrons. The number of carbonyl (C=O) groups is 1. The Labute approximate surface area is 149 Å². The second-order valence-corrected chi connectivity index (χ2v) is 6.66. The van der Waals surface area contributed by atoms with Crippen molar-refractivity contribution in [3.63, 3.8) is 0 Å². The highest BCUT2D eigenvalue weighted by molar-refractivity contribution is 7.13. The number of nitrogens with zero attached hydrogens (tertiary/aromatic N) is 2. The number of amides is 1. The molecule has 6 nitrogen and oxygen atoms in total. The van der Waals surface area contributed by atoms with Crippen LogP contribution in [0.3, 0.4) is 0 Å². The number of nitrogens with one attached hydrogen (secondary N) is 1. The molecule has 3 rings (SSSR count). The molecule has 1 N–H and O–H groups in total. The van der Waals surface area contributed by atoms with Gasteiger partial charge in [-0.05, 0) is 55.5 Å². The molecule has 0 unspecified atom stereocenters. The first kappa shape index (κ1) is 17.2. The predicted octanol–water partition coefficient (Wildman–Crippen LogP) is 3.50. The Hall–Kier alpha value is -2.67. The van der Waals surface area contributed by atoms with Gasteiger partial charge in [-0.15, -0.1) is 11.3 Å². The fourth-order valence-electron chi connectivity index (χ4n) is 2.18. The number of rotatable bonds is 6. The van der Waals surface area contributed by atoms with Crippen molar-refractivity contribution in [3.8, 4) is 16.5 Å². The lowest BCUT2D eigenvalue weighted by atomic mass is 10.1. The van der Waals surface area contributed by atoms with Gasteiger partial charge in [0.1, 0.15) is 5.75 Å². The van der Waals surface area contributed by atoms with Crippen LogP contribution in [0.2, 0.25) is 0 Å². The molecule has 25 heavy (non-hydrogen) atoms. The first-order valence-electron chi connectivity index (χ1n) is 7.91. The van der Waals surface area contributed by atoms with Crippen LogP contribution in [0.25, 0.3) is 10.7 Å². The van der Waals surface area contributed by atoms with Gasteiger partial charge in [0.15, 0.2) is 6.10 Å². The molecule has 0 saturated heterocycles. The van der Waals surface area contributed by atoms with Gasteiger partial charge in [0.2, 0.25) is 11.7 Å². The molecule has 130 valence electrons. The SMILES string of the molecule is Cc1ccc(O[C@@H](C)C(=O)NCc2nc(-c3cccs3)no2)cc1C. The van der Waals surface area contributed by atoms with E-state index in [9.17, 15) is 4.79 Å². The van der Waals surface area contributed by atoms with Crippen molar-refractivity contribution >= 4 is 17.2 Å². The van der Waals surface area contributed by atoms with Crippen LogP contribution in [-0.2, 0) is 11.3 Å². The van der Waals surface area contributed by atoms with Gasteiger partial charge in [-0.3, -0.25) is 4.79 Å². The molecule has 1 atom stereocenters. The summed E-state index contributed by atoms with van der Waals surface area (Å²) in [7, 11) is 0. The predicted molar refractivity (Wildman–Crippen MR) is 95.5 cm³/mol. The molecule has 2 heterocycles. The van der Waals surface area contributed by atoms with Crippen LogP contribution in [0.15, 0.2) is 40.2 Å². The normalized spacial score (nSPS) is 12.0. The van der Waals surface area contributed by atoms with Crippen molar-refractivity contribution in [3.05, 3.63) is 52.7 Å². The molecular formula is C18H19N3O3S. The fraction of sp³-hybridized carbons (Fsp3) is 0.278. The number of hydrogen-bond donors (Lipinski definition) is 1. The zero-order valence-corrected chi connectivity index (χ0v) is 15.1. The monoisotopic (exact) mass is 357 g/mol. The lowest BCUT2D eigenvalue weighted by Crippen LogP contribution is -2.36. The number of ether oxygens (including phenoxy) is 1. The van der Waals surface area contributed by atoms with E-state index in [4.69, 9.17) is 9.26 Å². The van der Waals surface area contributed by atoms with E-state index >= 15 is 0 Å². The fourth-order valence-corrected chi connectivity index (χ4v) is 2.83. The molecule has 2 aromatic heterocycles. The summed E-state index contributed by atoms with van der Waals surface area (Å²) in [5, 5.41) is 8.60. The van der Waals surface area contributed by atoms with Crippen molar-refractivity contribution in [2.75, 3.05) is 0 Å². The van der Waals surface area contributed by atoms with Crippen molar-refractivity contribution in [2.45, 2.75) is 33.4 Å². The third-order valence-electron chi connectivity index (χ3n) is 3.78. The van der Waals surface area contributed by atoms with E-state index in [0.717, 1.165) is 10.4 Å².